The Morgan fingerprint density at radius 3 is 2.70 bits per heavy atom. The lowest BCUT2D eigenvalue weighted by molar-refractivity contribution is -0.138. The van der Waals surface area contributed by atoms with Crippen molar-refractivity contribution in [3.63, 3.8) is 0 Å². The van der Waals surface area contributed by atoms with E-state index >= 15 is 0 Å². The molecule has 0 aliphatic rings. The molecule has 6 heteroatoms. The van der Waals surface area contributed by atoms with Crippen LogP contribution in [-0.2, 0) is 9.59 Å². The number of hydrogen-bond donors (Lipinski definition) is 2. The molecule has 110 valence electrons. The fraction of sp³-hybridized carbons (Fsp3) is 0.429. The number of carboxylic acids is 1. The topological polar surface area (TPSA) is 75.6 Å². The summed E-state index contributed by atoms with van der Waals surface area (Å²) in [6.07, 6.45) is 0.284. The number of amides is 1. The number of hydrogen-bond acceptors (Lipinski definition) is 3. The molecule has 5 nitrogen and oxygen atoms in total. The summed E-state index contributed by atoms with van der Waals surface area (Å²) in [4.78, 5) is 22.2. The van der Waals surface area contributed by atoms with Gasteiger partial charge in [0.25, 0.3) is 5.91 Å². The average Bonchev–Trinajstić information content (AvgIpc) is 2.34. The molecule has 0 saturated heterocycles. The summed E-state index contributed by atoms with van der Waals surface area (Å²) in [6, 6.07) is 5.50. The van der Waals surface area contributed by atoms with E-state index in [9.17, 15) is 14.0 Å². The predicted molar refractivity (Wildman–Crippen MR) is 71.0 cm³/mol. The molecule has 0 radical (unpaired) electrons. The minimum atomic E-state index is -0.914. The Morgan fingerprint density at radius 2 is 2.10 bits per heavy atom. The number of rotatable bonds is 7. The lowest BCUT2D eigenvalue weighted by atomic mass is 9.98. The van der Waals surface area contributed by atoms with Gasteiger partial charge in [-0.25, -0.2) is 4.39 Å². The van der Waals surface area contributed by atoms with Gasteiger partial charge in [-0.1, -0.05) is 6.07 Å². The molecule has 0 aliphatic carbocycles. The Labute approximate surface area is 116 Å². The van der Waals surface area contributed by atoms with Crippen molar-refractivity contribution in [3.8, 4) is 5.75 Å². The summed E-state index contributed by atoms with van der Waals surface area (Å²) >= 11 is 0. The fourth-order valence-corrected chi connectivity index (χ4v) is 1.60. The minimum absolute atomic E-state index is 0.0297. The van der Waals surface area contributed by atoms with E-state index in [1.54, 1.807) is 19.9 Å². The first-order chi connectivity index (χ1) is 9.28. The summed E-state index contributed by atoms with van der Waals surface area (Å²) < 4.78 is 18.1. The monoisotopic (exact) mass is 283 g/mol. The van der Waals surface area contributed by atoms with Crippen molar-refractivity contribution >= 4 is 11.9 Å². The van der Waals surface area contributed by atoms with Crippen LogP contribution in [0.5, 0.6) is 5.75 Å². The van der Waals surface area contributed by atoms with Crippen LogP contribution in [0.15, 0.2) is 24.3 Å². The van der Waals surface area contributed by atoms with Gasteiger partial charge in [0.1, 0.15) is 11.6 Å². The van der Waals surface area contributed by atoms with Crippen LogP contribution in [0, 0.1) is 5.82 Å². The maximum atomic E-state index is 12.9. The predicted octanol–water partition coefficient (Wildman–Crippen LogP) is 1.96. The molecule has 0 saturated carbocycles. The number of halogens is 1. The molecule has 1 rings (SSSR count). The molecular weight excluding hydrogens is 265 g/mol. The number of benzene rings is 1. The molecule has 1 amide bonds. The second-order valence-electron chi connectivity index (χ2n) is 5.07. The molecule has 0 atom stereocenters. The van der Waals surface area contributed by atoms with Crippen molar-refractivity contribution < 1.29 is 23.8 Å². The lowest BCUT2D eigenvalue weighted by Gasteiger charge is -2.25. The van der Waals surface area contributed by atoms with Gasteiger partial charge in [-0.05, 0) is 32.4 Å². The van der Waals surface area contributed by atoms with E-state index in [0.717, 1.165) is 0 Å². The SMILES string of the molecule is CC(C)(CCC(=O)O)NC(=O)COc1cccc(F)c1. The molecule has 0 heterocycles. The van der Waals surface area contributed by atoms with Crippen LogP contribution in [-0.4, -0.2) is 29.1 Å². The van der Waals surface area contributed by atoms with Gasteiger partial charge in [0.2, 0.25) is 0 Å². The number of nitrogens with one attached hydrogen (secondary N) is 1. The highest BCUT2D eigenvalue weighted by atomic mass is 19.1. The van der Waals surface area contributed by atoms with E-state index in [2.05, 4.69) is 5.32 Å². The van der Waals surface area contributed by atoms with Crippen molar-refractivity contribution in [2.45, 2.75) is 32.2 Å². The van der Waals surface area contributed by atoms with Crippen molar-refractivity contribution in [1.29, 1.82) is 0 Å². The minimum Gasteiger partial charge on any atom is -0.484 e. The van der Waals surface area contributed by atoms with Gasteiger partial charge in [-0.15, -0.1) is 0 Å². The number of aliphatic carboxylic acids is 1. The molecule has 1 aromatic rings. The van der Waals surface area contributed by atoms with E-state index in [-0.39, 0.29) is 24.7 Å². The molecule has 0 unspecified atom stereocenters. The van der Waals surface area contributed by atoms with Crippen LogP contribution < -0.4 is 10.1 Å². The van der Waals surface area contributed by atoms with Crippen LogP contribution in [0.4, 0.5) is 4.39 Å². The van der Waals surface area contributed by atoms with Gasteiger partial charge < -0.3 is 15.2 Å². The summed E-state index contributed by atoms with van der Waals surface area (Å²) in [5.41, 5.74) is -0.638. The summed E-state index contributed by atoms with van der Waals surface area (Å²) in [5, 5.41) is 11.3. The smallest absolute Gasteiger partial charge is 0.303 e. The third kappa shape index (κ3) is 6.17. The molecule has 0 aromatic heterocycles. The molecule has 2 N–H and O–H groups in total. The van der Waals surface area contributed by atoms with Crippen LogP contribution in [0.1, 0.15) is 26.7 Å². The molecule has 0 fully saturated rings. The first-order valence-corrected chi connectivity index (χ1v) is 6.20. The molecular formula is C14H18FNO4. The normalized spacial score (nSPS) is 10.9. The molecule has 20 heavy (non-hydrogen) atoms. The number of carbonyl (C=O) groups is 2. The van der Waals surface area contributed by atoms with Gasteiger partial charge in [-0.3, -0.25) is 9.59 Å². The third-order valence-electron chi connectivity index (χ3n) is 2.61. The Hall–Kier alpha value is -2.11. The van der Waals surface area contributed by atoms with Crippen molar-refractivity contribution in [1.82, 2.24) is 5.32 Å². The van der Waals surface area contributed by atoms with Crippen LogP contribution >= 0.6 is 0 Å². The average molecular weight is 283 g/mol. The first-order valence-electron chi connectivity index (χ1n) is 6.20. The number of ether oxygens (including phenoxy) is 1. The lowest BCUT2D eigenvalue weighted by Crippen LogP contribution is -2.45. The zero-order valence-electron chi connectivity index (χ0n) is 11.5. The standard InChI is InChI=1S/C14H18FNO4/c1-14(2,7-6-13(18)19)16-12(17)9-20-11-5-3-4-10(15)8-11/h3-5,8H,6-7,9H2,1-2H3,(H,16,17)(H,18,19). The highest BCUT2D eigenvalue weighted by Crippen LogP contribution is 2.13. The Bertz CT molecular complexity index is 488. The summed E-state index contributed by atoms with van der Waals surface area (Å²) in [5.74, 6) is -1.47. The highest BCUT2D eigenvalue weighted by molar-refractivity contribution is 5.78. The molecule has 0 spiro atoms. The van der Waals surface area contributed by atoms with E-state index < -0.39 is 17.3 Å². The Balaban J connectivity index is 2.41. The van der Waals surface area contributed by atoms with Gasteiger partial charge in [0.05, 0.1) is 0 Å². The highest BCUT2D eigenvalue weighted by Gasteiger charge is 2.21. The van der Waals surface area contributed by atoms with E-state index in [0.29, 0.717) is 6.42 Å². The van der Waals surface area contributed by atoms with Crippen LogP contribution in [0.2, 0.25) is 0 Å². The van der Waals surface area contributed by atoms with Gasteiger partial charge in [0.15, 0.2) is 6.61 Å². The third-order valence-corrected chi connectivity index (χ3v) is 2.61. The van der Waals surface area contributed by atoms with E-state index in [1.807, 2.05) is 0 Å². The van der Waals surface area contributed by atoms with Crippen molar-refractivity contribution in [3.05, 3.63) is 30.1 Å². The van der Waals surface area contributed by atoms with Gasteiger partial charge >= 0.3 is 5.97 Å². The zero-order chi connectivity index (χ0) is 15.2. The molecule has 0 aliphatic heterocycles. The van der Waals surface area contributed by atoms with Gasteiger partial charge in [0, 0.05) is 18.0 Å². The number of carboxylic acid groups (broad SMARTS) is 1. The van der Waals surface area contributed by atoms with E-state index in [1.165, 1.54) is 18.2 Å². The van der Waals surface area contributed by atoms with Crippen LogP contribution in [0.3, 0.4) is 0 Å². The summed E-state index contributed by atoms with van der Waals surface area (Å²) in [7, 11) is 0. The summed E-state index contributed by atoms with van der Waals surface area (Å²) in [6.45, 7) is 3.21. The van der Waals surface area contributed by atoms with E-state index in [4.69, 9.17) is 9.84 Å². The first kappa shape index (κ1) is 15.9. The quantitative estimate of drug-likeness (QED) is 0.802. The maximum absolute atomic E-state index is 12.9. The van der Waals surface area contributed by atoms with Crippen molar-refractivity contribution in [2.24, 2.45) is 0 Å². The zero-order valence-corrected chi connectivity index (χ0v) is 11.5. The second kappa shape index (κ2) is 6.88. The Morgan fingerprint density at radius 1 is 1.40 bits per heavy atom. The molecule has 1 aromatic carbocycles. The van der Waals surface area contributed by atoms with Gasteiger partial charge in [-0.2, -0.15) is 0 Å². The largest absolute Gasteiger partial charge is 0.484 e. The fourth-order valence-electron chi connectivity index (χ4n) is 1.60. The van der Waals surface area contributed by atoms with Crippen LogP contribution in [0.25, 0.3) is 0 Å². The molecule has 0 bridgehead atoms. The Kier molecular flexibility index (Phi) is 5.49. The second-order valence-corrected chi connectivity index (χ2v) is 5.07. The maximum Gasteiger partial charge on any atom is 0.303 e. The number of carbonyl (C=O) groups excluding carboxylic acids is 1. The van der Waals surface area contributed by atoms with Crippen molar-refractivity contribution in [2.75, 3.05) is 6.61 Å².